The van der Waals surface area contributed by atoms with Crippen molar-refractivity contribution in [1.29, 1.82) is 0 Å². The standard InChI is InChI=1S/C29H38N2O2/c1-4-5-6-7-8-9-10-14-21-31-28(32)26(25-19-17-23(2)18-20-25)27(29(31)33)30(3)22-24-15-12-11-13-16-24/h11-13,15-20H,4-10,14,21-22H2,1-3H3. The van der Waals surface area contributed by atoms with Crippen LogP contribution in [-0.2, 0) is 16.1 Å². The van der Waals surface area contributed by atoms with E-state index >= 15 is 0 Å². The molecule has 0 aliphatic carbocycles. The highest BCUT2D eigenvalue weighted by Gasteiger charge is 2.40. The zero-order valence-corrected chi connectivity index (χ0v) is 20.5. The van der Waals surface area contributed by atoms with Crippen LogP contribution in [0.2, 0.25) is 0 Å². The predicted molar refractivity (Wildman–Crippen MR) is 135 cm³/mol. The number of hydrogen-bond acceptors (Lipinski definition) is 3. The van der Waals surface area contributed by atoms with Crippen LogP contribution in [0.5, 0.6) is 0 Å². The van der Waals surface area contributed by atoms with Gasteiger partial charge in [-0.2, -0.15) is 0 Å². The lowest BCUT2D eigenvalue weighted by atomic mass is 10.0. The van der Waals surface area contributed by atoms with Crippen LogP contribution < -0.4 is 0 Å². The van der Waals surface area contributed by atoms with E-state index < -0.39 is 0 Å². The van der Waals surface area contributed by atoms with E-state index in [-0.39, 0.29) is 11.8 Å². The summed E-state index contributed by atoms with van der Waals surface area (Å²) in [5, 5.41) is 0. The summed E-state index contributed by atoms with van der Waals surface area (Å²) in [6, 6.07) is 18.0. The maximum absolute atomic E-state index is 13.4. The van der Waals surface area contributed by atoms with Crippen LogP contribution in [0, 0.1) is 6.92 Å². The third-order valence-electron chi connectivity index (χ3n) is 6.36. The Labute approximate surface area is 199 Å². The van der Waals surface area contributed by atoms with E-state index in [0.717, 1.165) is 29.5 Å². The number of carbonyl (C=O) groups is 2. The SMILES string of the molecule is CCCCCCCCCCN1C(=O)C(c2ccc(C)cc2)=C(N(C)Cc2ccccc2)C1=O. The topological polar surface area (TPSA) is 40.6 Å². The molecule has 4 heteroatoms. The Morgan fingerprint density at radius 3 is 2.00 bits per heavy atom. The lowest BCUT2D eigenvalue weighted by Crippen LogP contribution is -2.34. The number of amides is 2. The molecule has 3 rings (SSSR count). The molecule has 0 fully saturated rings. The van der Waals surface area contributed by atoms with Gasteiger partial charge in [0, 0.05) is 20.1 Å². The summed E-state index contributed by atoms with van der Waals surface area (Å²) in [4.78, 5) is 30.3. The number of nitrogens with zero attached hydrogens (tertiary/aromatic N) is 2. The number of benzene rings is 2. The third-order valence-corrected chi connectivity index (χ3v) is 6.36. The van der Waals surface area contributed by atoms with Crippen LogP contribution in [-0.4, -0.2) is 35.2 Å². The Morgan fingerprint density at radius 1 is 0.758 bits per heavy atom. The number of hydrogen-bond donors (Lipinski definition) is 0. The largest absolute Gasteiger partial charge is 0.365 e. The summed E-state index contributed by atoms with van der Waals surface area (Å²) in [5.41, 5.74) is 4.08. The zero-order valence-electron chi connectivity index (χ0n) is 20.5. The van der Waals surface area contributed by atoms with Gasteiger partial charge < -0.3 is 4.90 Å². The molecule has 1 aliphatic rings. The van der Waals surface area contributed by atoms with Gasteiger partial charge in [0.15, 0.2) is 0 Å². The molecule has 0 radical (unpaired) electrons. The van der Waals surface area contributed by atoms with Crippen LogP contribution in [0.15, 0.2) is 60.3 Å². The molecule has 2 aromatic carbocycles. The fourth-order valence-corrected chi connectivity index (χ4v) is 4.44. The van der Waals surface area contributed by atoms with E-state index in [1.807, 2.05) is 73.5 Å². The fraction of sp³-hybridized carbons (Fsp3) is 0.448. The normalized spacial score (nSPS) is 13.8. The lowest BCUT2D eigenvalue weighted by Gasteiger charge is -2.21. The maximum Gasteiger partial charge on any atom is 0.277 e. The number of rotatable bonds is 13. The highest BCUT2D eigenvalue weighted by Crippen LogP contribution is 2.32. The van der Waals surface area contributed by atoms with Gasteiger partial charge >= 0.3 is 0 Å². The summed E-state index contributed by atoms with van der Waals surface area (Å²) in [7, 11) is 1.90. The van der Waals surface area contributed by atoms with Crippen LogP contribution >= 0.6 is 0 Å². The second-order valence-electron chi connectivity index (χ2n) is 9.17. The second kappa shape index (κ2) is 12.4. The van der Waals surface area contributed by atoms with E-state index in [4.69, 9.17) is 0 Å². The van der Waals surface area contributed by atoms with Crippen LogP contribution in [0.3, 0.4) is 0 Å². The van der Waals surface area contributed by atoms with Gasteiger partial charge in [-0.1, -0.05) is 112 Å². The Balaban J connectivity index is 1.71. The van der Waals surface area contributed by atoms with Crippen molar-refractivity contribution in [2.45, 2.75) is 71.8 Å². The predicted octanol–water partition coefficient (Wildman–Crippen LogP) is 6.35. The minimum Gasteiger partial charge on any atom is -0.365 e. The first-order valence-corrected chi connectivity index (χ1v) is 12.5. The van der Waals surface area contributed by atoms with Gasteiger partial charge in [-0.05, 0) is 24.5 Å². The van der Waals surface area contributed by atoms with Crippen molar-refractivity contribution >= 4 is 17.4 Å². The first kappa shape index (κ1) is 24.8. The smallest absolute Gasteiger partial charge is 0.277 e. The minimum atomic E-state index is -0.169. The second-order valence-corrected chi connectivity index (χ2v) is 9.17. The van der Waals surface area contributed by atoms with Crippen molar-refractivity contribution in [2.75, 3.05) is 13.6 Å². The van der Waals surface area contributed by atoms with Crippen molar-refractivity contribution in [1.82, 2.24) is 9.80 Å². The Morgan fingerprint density at radius 2 is 1.36 bits per heavy atom. The van der Waals surface area contributed by atoms with Crippen molar-refractivity contribution in [3.8, 4) is 0 Å². The summed E-state index contributed by atoms with van der Waals surface area (Å²) in [5.74, 6) is -0.335. The van der Waals surface area contributed by atoms with E-state index in [9.17, 15) is 9.59 Å². The average Bonchev–Trinajstić information content (AvgIpc) is 3.06. The molecule has 1 aliphatic heterocycles. The van der Waals surface area contributed by atoms with Crippen molar-refractivity contribution in [2.24, 2.45) is 0 Å². The summed E-state index contributed by atoms with van der Waals surface area (Å²) < 4.78 is 0. The van der Waals surface area contributed by atoms with Crippen LogP contribution in [0.1, 0.15) is 75.0 Å². The van der Waals surface area contributed by atoms with Gasteiger partial charge in [0.25, 0.3) is 11.8 Å². The molecule has 0 bridgehead atoms. The molecule has 2 aromatic rings. The number of imide groups is 1. The molecule has 4 nitrogen and oxygen atoms in total. The molecular weight excluding hydrogens is 408 g/mol. The maximum atomic E-state index is 13.4. The van der Waals surface area contributed by atoms with Crippen LogP contribution in [0.4, 0.5) is 0 Å². The first-order valence-electron chi connectivity index (χ1n) is 12.5. The molecule has 1 heterocycles. The van der Waals surface area contributed by atoms with Crippen molar-refractivity contribution in [3.63, 3.8) is 0 Å². The average molecular weight is 447 g/mol. The Hall–Kier alpha value is -2.88. The van der Waals surface area contributed by atoms with E-state index in [1.165, 1.54) is 43.4 Å². The molecule has 2 amide bonds. The third kappa shape index (κ3) is 6.56. The van der Waals surface area contributed by atoms with Crippen molar-refractivity contribution in [3.05, 3.63) is 77.0 Å². The molecule has 0 unspecified atom stereocenters. The molecule has 0 atom stereocenters. The Bertz CT molecular complexity index is 947. The molecule has 0 saturated carbocycles. The number of carbonyl (C=O) groups excluding carboxylic acids is 2. The summed E-state index contributed by atoms with van der Waals surface area (Å²) in [6.07, 6.45) is 9.47. The van der Waals surface area contributed by atoms with Gasteiger partial charge in [-0.15, -0.1) is 0 Å². The van der Waals surface area contributed by atoms with Gasteiger partial charge in [0.1, 0.15) is 5.70 Å². The van der Waals surface area contributed by atoms with E-state index in [2.05, 4.69) is 6.92 Å². The zero-order chi connectivity index (χ0) is 23.6. The lowest BCUT2D eigenvalue weighted by molar-refractivity contribution is -0.137. The molecule has 0 saturated heterocycles. The highest BCUT2D eigenvalue weighted by atomic mass is 16.2. The highest BCUT2D eigenvalue weighted by molar-refractivity contribution is 6.35. The van der Waals surface area contributed by atoms with E-state index in [1.54, 1.807) is 0 Å². The summed E-state index contributed by atoms with van der Waals surface area (Å²) >= 11 is 0. The molecule has 176 valence electrons. The van der Waals surface area contributed by atoms with Gasteiger partial charge in [0.05, 0.1) is 5.57 Å². The molecule has 0 aromatic heterocycles. The van der Waals surface area contributed by atoms with Gasteiger partial charge in [-0.25, -0.2) is 0 Å². The van der Waals surface area contributed by atoms with Crippen molar-refractivity contribution < 1.29 is 9.59 Å². The molecule has 0 N–H and O–H groups in total. The fourth-order valence-electron chi connectivity index (χ4n) is 4.44. The van der Waals surface area contributed by atoms with Gasteiger partial charge in [-0.3, -0.25) is 14.5 Å². The van der Waals surface area contributed by atoms with Gasteiger partial charge in [0.2, 0.25) is 0 Å². The van der Waals surface area contributed by atoms with E-state index in [0.29, 0.717) is 24.4 Å². The summed E-state index contributed by atoms with van der Waals surface area (Å²) in [6.45, 7) is 5.33. The minimum absolute atomic E-state index is 0.165. The van der Waals surface area contributed by atoms with Crippen LogP contribution in [0.25, 0.3) is 5.57 Å². The Kier molecular flexibility index (Phi) is 9.29. The quantitative estimate of drug-likeness (QED) is 0.266. The number of likely N-dealkylation sites (N-methyl/N-ethyl adjacent to an activating group) is 1. The monoisotopic (exact) mass is 446 g/mol. The first-order chi connectivity index (χ1) is 16.0. The number of aryl methyl sites for hydroxylation is 1. The molecule has 33 heavy (non-hydrogen) atoms. The number of unbranched alkanes of at least 4 members (excludes halogenated alkanes) is 7. The molecular formula is C29H38N2O2. The molecule has 0 spiro atoms.